The summed E-state index contributed by atoms with van der Waals surface area (Å²) >= 11 is 6.71. The Bertz CT molecular complexity index is 1180. The van der Waals surface area contributed by atoms with Crippen molar-refractivity contribution in [1.29, 1.82) is 0 Å². The first kappa shape index (κ1) is 24.6. The summed E-state index contributed by atoms with van der Waals surface area (Å²) in [6.45, 7) is 8.94. The van der Waals surface area contributed by atoms with Crippen LogP contribution in [-0.4, -0.2) is 0 Å². The second-order valence-corrected chi connectivity index (χ2v) is 10.4. The lowest BCUT2D eigenvalue weighted by molar-refractivity contribution is 0.732. The monoisotopic (exact) mass is 468 g/mol. The van der Waals surface area contributed by atoms with Crippen molar-refractivity contribution < 1.29 is 0 Å². The average molecular weight is 469 g/mol. The van der Waals surface area contributed by atoms with Gasteiger partial charge in [-0.3, -0.25) is 0 Å². The number of aryl methyl sites for hydroxylation is 4. The van der Waals surface area contributed by atoms with Gasteiger partial charge in [0.2, 0.25) is 0 Å². The molecule has 0 spiro atoms. The Morgan fingerprint density at radius 3 is 2.12 bits per heavy atom. The molecule has 0 aromatic heterocycles. The van der Waals surface area contributed by atoms with Crippen LogP contribution < -0.4 is 0 Å². The molecule has 0 amide bonds. The number of benzene rings is 3. The third-order valence-corrected chi connectivity index (χ3v) is 7.34. The van der Waals surface area contributed by atoms with E-state index in [9.17, 15) is 0 Å². The van der Waals surface area contributed by atoms with Gasteiger partial charge in [0.05, 0.1) is 0 Å². The third-order valence-electron chi connectivity index (χ3n) is 7.03. The maximum atomic E-state index is 6.71. The molecule has 0 saturated heterocycles. The summed E-state index contributed by atoms with van der Waals surface area (Å²) in [5, 5.41) is 0.834. The summed E-state index contributed by atoms with van der Waals surface area (Å²) in [4.78, 5) is 0. The van der Waals surface area contributed by atoms with Crippen molar-refractivity contribution in [2.75, 3.05) is 0 Å². The Morgan fingerprint density at radius 1 is 0.794 bits per heavy atom. The predicted molar refractivity (Wildman–Crippen MR) is 149 cm³/mol. The smallest absolute Gasteiger partial charge is 0.0487 e. The van der Waals surface area contributed by atoms with E-state index in [1.54, 1.807) is 0 Å². The van der Waals surface area contributed by atoms with Crippen molar-refractivity contribution in [3.8, 4) is 11.1 Å². The number of hydrogen-bond acceptors (Lipinski definition) is 0. The van der Waals surface area contributed by atoms with Gasteiger partial charge in [-0.1, -0.05) is 105 Å². The highest BCUT2D eigenvalue weighted by Crippen LogP contribution is 2.37. The Balaban J connectivity index is 1.47. The molecule has 0 saturated carbocycles. The van der Waals surface area contributed by atoms with Crippen molar-refractivity contribution >= 4 is 11.6 Å². The molecule has 1 aliphatic rings. The van der Waals surface area contributed by atoms with E-state index in [2.05, 4.69) is 107 Å². The quantitative estimate of drug-likeness (QED) is 0.274. The highest BCUT2D eigenvalue weighted by atomic mass is 35.5. The number of rotatable bonds is 9. The highest BCUT2D eigenvalue weighted by Gasteiger charge is 2.16. The molecule has 3 aromatic rings. The SMILES string of the molecule is CCc1cc(CCCCc2ccc(C3C=CC=C3)c(-c3ccc(C)cc3Cl)c2)ccc1C(C)C. The van der Waals surface area contributed by atoms with Gasteiger partial charge in [-0.05, 0) is 90.0 Å². The Kier molecular flexibility index (Phi) is 8.11. The van der Waals surface area contributed by atoms with Gasteiger partial charge in [0, 0.05) is 16.5 Å². The molecule has 3 aromatic carbocycles. The molecule has 0 radical (unpaired) electrons. The molecule has 0 atom stereocenters. The third kappa shape index (κ3) is 5.73. The minimum absolute atomic E-state index is 0.322. The molecule has 4 rings (SSSR count). The van der Waals surface area contributed by atoms with Gasteiger partial charge in [0.25, 0.3) is 0 Å². The van der Waals surface area contributed by atoms with E-state index in [4.69, 9.17) is 11.6 Å². The lowest BCUT2D eigenvalue weighted by atomic mass is 9.88. The van der Waals surface area contributed by atoms with Crippen LogP contribution in [-0.2, 0) is 19.3 Å². The molecule has 0 unspecified atom stereocenters. The molecule has 0 aliphatic heterocycles. The topological polar surface area (TPSA) is 0 Å². The molecular formula is C33H37Cl. The summed E-state index contributed by atoms with van der Waals surface area (Å²) in [6, 6.07) is 20.5. The van der Waals surface area contributed by atoms with Gasteiger partial charge in [-0.2, -0.15) is 0 Å². The van der Waals surface area contributed by atoms with Gasteiger partial charge >= 0.3 is 0 Å². The van der Waals surface area contributed by atoms with Crippen LogP contribution in [0, 0.1) is 6.92 Å². The van der Waals surface area contributed by atoms with Crippen LogP contribution in [0.1, 0.15) is 78.8 Å². The fourth-order valence-corrected chi connectivity index (χ4v) is 5.44. The van der Waals surface area contributed by atoms with Gasteiger partial charge in [-0.15, -0.1) is 0 Å². The zero-order chi connectivity index (χ0) is 24.1. The zero-order valence-corrected chi connectivity index (χ0v) is 21.8. The van der Waals surface area contributed by atoms with Crippen LogP contribution in [0.4, 0.5) is 0 Å². The molecule has 0 N–H and O–H groups in total. The van der Waals surface area contributed by atoms with Gasteiger partial charge in [0.1, 0.15) is 0 Å². The lowest BCUT2D eigenvalue weighted by Crippen LogP contribution is -1.99. The van der Waals surface area contributed by atoms with E-state index in [1.807, 2.05) is 0 Å². The van der Waals surface area contributed by atoms with Crippen molar-refractivity contribution in [3.63, 3.8) is 0 Å². The van der Waals surface area contributed by atoms with E-state index < -0.39 is 0 Å². The molecule has 34 heavy (non-hydrogen) atoms. The van der Waals surface area contributed by atoms with Crippen LogP contribution in [0.2, 0.25) is 5.02 Å². The molecule has 1 heteroatoms. The molecule has 176 valence electrons. The summed E-state index contributed by atoms with van der Waals surface area (Å²) in [7, 11) is 0. The first-order valence-electron chi connectivity index (χ1n) is 12.8. The van der Waals surface area contributed by atoms with Crippen LogP contribution >= 0.6 is 11.6 Å². The van der Waals surface area contributed by atoms with Crippen molar-refractivity contribution in [1.82, 2.24) is 0 Å². The van der Waals surface area contributed by atoms with E-state index in [-0.39, 0.29) is 0 Å². The summed E-state index contributed by atoms with van der Waals surface area (Å²) in [5.41, 5.74) is 10.8. The minimum Gasteiger partial charge on any atom is -0.0837 e. The molecule has 1 aliphatic carbocycles. The number of allylic oxidation sites excluding steroid dienone is 4. The Hall–Kier alpha value is -2.57. The summed E-state index contributed by atoms with van der Waals surface area (Å²) in [5.74, 6) is 0.918. The minimum atomic E-state index is 0.322. The van der Waals surface area contributed by atoms with Crippen molar-refractivity contribution in [2.24, 2.45) is 0 Å². The maximum absolute atomic E-state index is 6.71. The van der Waals surface area contributed by atoms with Gasteiger partial charge in [0.15, 0.2) is 0 Å². The van der Waals surface area contributed by atoms with Gasteiger partial charge < -0.3 is 0 Å². The highest BCUT2D eigenvalue weighted by molar-refractivity contribution is 6.33. The Labute approximate surface area is 211 Å². The molecule has 0 bridgehead atoms. The fourth-order valence-electron chi connectivity index (χ4n) is 5.10. The summed E-state index contributed by atoms with van der Waals surface area (Å²) in [6.07, 6.45) is 14.6. The van der Waals surface area contributed by atoms with Crippen molar-refractivity contribution in [2.45, 2.75) is 71.6 Å². The van der Waals surface area contributed by atoms with E-state index in [0.717, 1.165) is 29.8 Å². The fraction of sp³-hybridized carbons (Fsp3) is 0.333. The first-order valence-corrected chi connectivity index (χ1v) is 13.2. The lowest BCUT2D eigenvalue weighted by Gasteiger charge is -2.17. The maximum Gasteiger partial charge on any atom is 0.0487 e. The summed E-state index contributed by atoms with van der Waals surface area (Å²) < 4.78 is 0. The number of hydrogen-bond donors (Lipinski definition) is 0. The van der Waals surface area contributed by atoms with E-state index in [1.165, 1.54) is 51.8 Å². The second kappa shape index (κ2) is 11.2. The number of halogens is 1. The molecule has 0 heterocycles. The Morgan fingerprint density at radius 2 is 1.47 bits per heavy atom. The largest absolute Gasteiger partial charge is 0.0837 e. The normalized spacial score (nSPS) is 13.4. The molecule has 0 nitrogen and oxygen atoms in total. The average Bonchev–Trinajstić information content (AvgIpc) is 3.36. The predicted octanol–water partition coefficient (Wildman–Crippen LogP) is 9.78. The molecule has 0 fully saturated rings. The van der Waals surface area contributed by atoms with Crippen LogP contribution in [0.15, 0.2) is 78.9 Å². The van der Waals surface area contributed by atoms with Gasteiger partial charge in [-0.25, -0.2) is 0 Å². The molecular weight excluding hydrogens is 432 g/mol. The van der Waals surface area contributed by atoms with Crippen LogP contribution in [0.25, 0.3) is 11.1 Å². The van der Waals surface area contributed by atoms with Crippen LogP contribution in [0.5, 0.6) is 0 Å². The first-order chi connectivity index (χ1) is 16.5. The second-order valence-electron chi connectivity index (χ2n) is 9.95. The van der Waals surface area contributed by atoms with Crippen LogP contribution in [0.3, 0.4) is 0 Å². The number of unbranched alkanes of at least 4 members (excludes halogenated alkanes) is 1. The van der Waals surface area contributed by atoms with E-state index >= 15 is 0 Å². The van der Waals surface area contributed by atoms with E-state index in [0.29, 0.717) is 11.8 Å². The zero-order valence-electron chi connectivity index (χ0n) is 21.1. The van der Waals surface area contributed by atoms with Crippen molar-refractivity contribution in [3.05, 3.63) is 117 Å². The standard InChI is InChI=1S/C33H37Cl/c1-5-27-21-25(15-18-29(27)23(2)3)10-6-7-11-26-16-19-30(28-12-8-9-13-28)32(22-26)31-17-14-24(4)20-33(31)34/h8-9,12-23,28H,5-7,10-11H2,1-4H3.